The molecule has 5 aromatic heterocycles. The highest BCUT2D eigenvalue weighted by Crippen LogP contribution is 2.32. The Hall–Kier alpha value is -4.60. The molecule has 6 aromatic rings. The van der Waals surface area contributed by atoms with Crippen molar-refractivity contribution < 1.29 is 9.50 Å². The van der Waals surface area contributed by atoms with Crippen molar-refractivity contribution in [2.75, 3.05) is 0 Å². The minimum absolute atomic E-state index is 0.181. The number of halogens is 1. The molecular weight excluding hydrogens is 411 g/mol. The summed E-state index contributed by atoms with van der Waals surface area (Å²) in [7, 11) is 1.85. The smallest absolute Gasteiger partial charge is 0.161 e. The van der Waals surface area contributed by atoms with Crippen LogP contribution in [0, 0.1) is 5.82 Å². The van der Waals surface area contributed by atoms with Crippen LogP contribution in [0.5, 0.6) is 5.75 Å². The van der Waals surface area contributed by atoms with E-state index < -0.39 is 5.82 Å². The van der Waals surface area contributed by atoms with Crippen molar-refractivity contribution in [1.82, 2.24) is 39.9 Å². The van der Waals surface area contributed by atoms with Gasteiger partial charge >= 0.3 is 0 Å². The van der Waals surface area contributed by atoms with E-state index in [-0.39, 0.29) is 5.75 Å². The summed E-state index contributed by atoms with van der Waals surface area (Å²) in [5.74, 6) is -0.239. The zero-order valence-electron chi connectivity index (χ0n) is 16.7. The second-order valence-electron chi connectivity index (χ2n) is 7.41. The number of nitrogens with zero attached hydrogens (tertiary/aromatic N) is 6. The Kier molecular flexibility index (Phi) is 3.81. The lowest BCUT2D eigenvalue weighted by Gasteiger charge is -2.03. The second-order valence-corrected chi connectivity index (χ2v) is 7.41. The van der Waals surface area contributed by atoms with E-state index >= 15 is 0 Å². The van der Waals surface area contributed by atoms with Crippen molar-refractivity contribution in [3.63, 3.8) is 0 Å². The van der Waals surface area contributed by atoms with Crippen LogP contribution in [0.2, 0.25) is 0 Å². The second kappa shape index (κ2) is 6.71. The molecule has 0 unspecified atom stereocenters. The first-order valence-electron chi connectivity index (χ1n) is 9.74. The van der Waals surface area contributed by atoms with E-state index in [0.717, 1.165) is 22.8 Å². The van der Waals surface area contributed by atoms with Crippen molar-refractivity contribution in [3.8, 4) is 39.8 Å². The number of phenolic OH excluding ortho intramolecular Hbond substituents is 1. The van der Waals surface area contributed by atoms with E-state index in [1.807, 2.05) is 25.4 Å². The Bertz CT molecular complexity index is 1610. The number of benzene rings is 1. The Morgan fingerprint density at radius 2 is 1.84 bits per heavy atom. The molecule has 0 amide bonds. The van der Waals surface area contributed by atoms with Crippen molar-refractivity contribution >= 4 is 22.1 Å². The monoisotopic (exact) mass is 426 g/mol. The van der Waals surface area contributed by atoms with Gasteiger partial charge in [0.2, 0.25) is 0 Å². The number of hydrogen-bond donors (Lipinski definition) is 3. The molecule has 0 spiro atoms. The van der Waals surface area contributed by atoms with Gasteiger partial charge in [-0.05, 0) is 30.3 Å². The molecule has 32 heavy (non-hydrogen) atoms. The molecule has 0 bridgehead atoms. The fraction of sp³-hybridized carbons (Fsp3) is 0.0455. The molecule has 0 aliphatic rings. The average molecular weight is 426 g/mol. The Balaban J connectivity index is 1.51. The number of imidazole rings is 1. The molecule has 0 atom stereocenters. The molecule has 0 radical (unpaired) electrons. The van der Waals surface area contributed by atoms with Gasteiger partial charge in [0.25, 0.3) is 0 Å². The Morgan fingerprint density at radius 3 is 2.66 bits per heavy atom. The molecule has 10 heteroatoms. The van der Waals surface area contributed by atoms with E-state index in [1.54, 1.807) is 23.1 Å². The number of rotatable bonds is 3. The Morgan fingerprint density at radius 1 is 0.969 bits per heavy atom. The first-order valence-corrected chi connectivity index (χ1v) is 9.74. The number of phenols is 1. The quantitative estimate of drug-likeness (QED) is 0.396. The number of aromatic nitrogens is 8. The summed E-state index contributed by atoms with van der Waals surface area (Å²) in [4.78, 5) is 17.1. The van der Waals surface area contributed by atoms with Gasteiger partial charge in [-0.15, -0.1) is 0 Å². The largest absolute Gasteiger partial charge is 0.508 e. The Labute approximate surface area is 179 Å². The first kappa shape index (κ1) is 18.2. The summed E-state index contributed by atoms with van der Waals surface area (Å²) < 4.78 is 15.6. The SMILES string of the molecule is Cn1cc(-c2ccc3[nH]nc(-c4nc5c(-c6cc(O)cc(F)c6)nccc5[nH]4)c3n2)cn1. The van der Waals surface area contributed by atoms with Gasteiger partial charge in [0, 0.05) is 36.6 Å². The number of fused-ring (bicyclic) bond motifs is 2. The molecule has 0 aliphatic heterocycles. The van der Waals surface area contributed by atoms with Crippen LogP contribution in [0.3, 0.4) is 0 Å². The van der Waals surface area contributed by atoms with Crippen molar-refractivity contribution in [2.24, 2.45) is 7.05 Å². The third-order valence-electron chi connectivity index (χ3n) is 5.19. The summed E-state index contributed by atoms with van der Waals surface area (Å²) in [6.45, 7) is 0. The zero-order chi connectivity index (χ0) is 21.8. The highest BCUT2D eigenvalue weighted by molar-refractivity contribution is 5.95. The maximum Gasteiger partial charge on any atom is 0.161 e. The van der Waals surface area contributed by atoms with Crippen LogP contribution in [0.4, 0.5) is 4.39 Å². The molecule has 9 nitrogen and oxygen atoms in total. The van der Waals surface area contributed by atoms with Crippen LogP contribution in [0.25, 0.3) is 56.1 Å². The van der Waals surface area contributed by atoms with Crippen molar-refractivity contribution in [2.45, 2.75) is 0 Å². The van der Waals surface area contributed by atoms with Gasteiger partial charge in [-0.1, -0.05) is 0 Å². The van der Waals surface area contributed by atoms with Crippen LogP contribution in [0.1, 0.15) is 0 Å². The molecular formula is C22H15FN8O. The van der Waals surface area contributed by atoms with E-state index in [4.69, 9.17) is 4.98 Å². The molecule has 3 N–H and O–H groups in total. The lowest BCUT2D eigenvalue weighted by Crippen LogP contribution is -1.88. The summed E-state index contributed by atoms with van der Waals surface area (Å²) in [5, 5.41) is 21.4. The minimum atomic E-state index is -0.556. The van der Waals surface area contributed by atoms with Gasteiger partial charge in [0.05, 0.1) is 28.6 Å². The topological polar surface area (TPSA) is 121 Å². The van der Waals surface area contributed by atoms with E-state index in [1.165, 1.54) is 12.1 Å². The number of hydrogen-bond acceptors (Lipinski definition) is 6. The predicted molar refractivity (Wildman–Crippen MR) is 116 cm³/mol. The molecule has 6 rings (SSSR count). The minimum Gasteiger partial charge on any atom is -0.508 e. The number of nitrogens with one attached hydrogen (secondary N) is 2. The number of aromatic amines is 2. The van der Waals surface area contributed by atoms with E-state index in [9.17, 15) is 9.50 Å². The van der Waals surface area contributed by atoms with Crippen LogP contribution in [-0.4, -0.2) is 45.0 Å². The molecule has 5 heterocycles. The van der Waals surface area contributed by atoms with Gasteiger partial charge in [-0.25, -0.2) is 14.4 Å². The third-order valence-corrected chi connectivity index (χ3v) is 5.19. The highest BCUT2D eigenvalue weighted by atomic mass is 19.1. The standard InChI is InChI=1S/C22H15FN8O/c1-31-10-12(9-25-31)15-2-3-17-20(26-15)21(30-29-17)22-27-16-4-5-24-18(19(16)28-22)11-6-13(23)8-14(32)7-11/h2-10,32H,1H3,(H,27,28)(H,29,30). The lowest BCUT2D eigenvalue weighted by atomic mass is 10.1. The van der Waals surface area contributed by atoms with Crippen LogP contribution in [0.15, 0.2) is 55.0 Å². The van der Waals surface area contributed by atoms with E-state index in [0.29, 0.717) is 39.3 Å². The number of H-pyrrole nitrogens is 2. The molecule has 0 aliphatic carbocycles. The van der Waals surface area contributed by atoms with Crippen LogP contribution in [-0.2, 0) is 7.05 Å². The fourth-order valence-corrected chi connectivity index (χ4v) is 3.75. The van der Waals surface area contributed by atoms with Gasteiger partial charge in [0.1, 0.15) is 22.6 Å². The van der Waals surface area contributed by atoms with E-state index in [2.05, 4.69) is 30.2 Å². The summed E-state index contributed by atoms with van der Waals surface area (Å²) in [6, 6.07) is 9.38. The number of aryl methyl sites for hydroxylation is 1. The third kappa shape index (κ3) is 2.88. The zero-order valence-corrected chi connectivity index (χ0v) is 16.7. The molecule has 0 saturated heterocycles. The average Bonchev–Trinajstić information content (AvgIpc) is 3.49. The summed E-state index contributed by atoms with van der Waals surface area (Å²) in [6.07, 6.45) is 5.24. The van der Waals surface area contributed by atoms with Crippen LogP contribution >= 0.6 is 0 Å². The van der Waals surface area contributed by atoms with Crippen molar-refractivity contribution in [3.05, 3.63) is 60.8 Å². The van der Waals surface area contributed by atoms with Crippen LogP contribution < -0.4 is 0 Å². The number of pyridine rings is 2. The molecule has 156 valence electrons. The summed E-state index contributed by atoms with van der Waals surface area (Å²) >= 11 is 0. The van der Waals surface area contributed by atoms with Gasteiger partial charge in [0.15, 0.2) is 11.5 Å². The molecule has 0 fully saturated rings. The normalized spacial score (nSPS) is 11.6. The lowest BCUT2D eigenvalue weighted by molar-refractivity contribution is 0.469. The summed E-state index contributed by atoms with van der Waals surface area (Å²) in [5.41, 5.74) is 5.74. The van der Waals surface area contributed by atoms with Gasteiger partial charge in [-0.2, -0.15) is 10.2 Å². The fourth-order valence-electron chi connectivity index (χ4n) is 3.75. The molecule has 0 saturated carbocycles. The molecule has 1 aromatic carbocycles. The maximum absolute atomic E-state index is 13.9. The first-order chi connectivity index (χ1) is 15.5. The van der Waals surface area contributed by atoms with Crippen molar-refractivity contribution in [1.29, 1.82) is 0 Å². The number of aromatic hydroxyl groups is 1. The predicted octanol–water partition coefficient (Wildman–Crippen LogP) is 3.81. The van der Waals surface area contributed by atoms with Gasteiger partial charge < -0.3 is 10.1 Å². The maximum atomic E-state index is 13.9. The van der Waals surface area contributed by atoms with Gasteiger partial charge in [-0.3, -0.25) is 14.8 Å². The highest BCUT2D eigenvalue weighted by Gasteiger charge is 2.18.